The first-order valence-electron chi connectivity index (χ1n) is 5.71. The van der Waals surface area contributed by atoms with Crippen molar-refractivity contribution >= 4 is 11.6 Å². The maximum Gasteiger partial charge on any atom is 0.345 e. The largest absolute Gasteiger partial charge is 0.506 e. The zero-order chi connectivity index (χ0) is 12.5. The fourth-order valence-corrected chi connectivity index (χ4v) is 2.08. The number of rotatable bonds is 1. The molecule has 1 fully saturated rings. The van der Waals surface area contributed by atoms with E-state index in [1.807, 2.05) is 7.05 Å². The standard InChI is InChI=1S/C12H17N3O2/c1-15(6-4-14-5-7-15)12(17)9-2-3-10(13)11(16)8-9/h2-3,8,14H,4-7H2,1H3,(H2-,13,16,17)/p+1. The molecule has 0 unspecified atom stereocenters. The molecule has 5 heteroatoms. The Kier molecular flexibility index (Phi) is 3.04. The van der Waals surface area contributed by atoms with Crippen LogP contribution in [0.4, 0.5) is 5.69 Å². The van der Waals surface area contributed by atoms with Crippen LogP contribution in [0.15, 0.2) is 18.2 Å². The van der Waals surface area contributed by atoms with Crippen LogP contribution in [0.1, 0.15) is 10.4 Å². The highest BCUT2D eigenvalue weighted by Crippen LogP contribution is 2.23. The molecule has 1 heterocycles. The van der Waals surface area contributed by atoms with Gasteiger partial charge in [-0.15, -0.1) is 0 Å². The molecule has 0 radical (unpaired) electrons. The van der Waals surface area contributed by atoms with Crippen LogP contribution in [0.3, 0.4) is 0 Å². The summed E-state index contributed by atoms with van der Waals surface area (Å²) in [6, 6.07) is 4.68. The van der Waals surface area contributed by atoms with Gasteiger partial charge in [-0.05, 0) is 18.2 Å². The lowest BCUT2D eigenvalue weighted by Crippen LogP contribution is -2.59. The third-order valence-corrected chi connectivity index (χ3v) is 3.33. The van der Waals surface area contributed by atoms with Crippen molar-refractivity contribution in [3.05, 3.63) is 23.8 Å². The van der Waals surface area contributed by atoms with Crippen molar-refractivity contribution in [1.82, 2.24) is 5.32 Å². The van der Waals surface area contributed by atoms with E-state index in [1.54, 1.807) is 12.1 Å². The van der Waals surface area contributed by atoms with E-state index < -0.39 is 0 Å². The molecule has 0 aromatic heterocycles. The van der Waals surface area contributed by atoms with Crippen LogP contribution in [0.5, 0.6) is 5.75 Å². The van der Waals surface area contributed by atoms with Gasteiger partial charge in [0.25, 0.3) is 0 Å². The first-order valence-corrected chi connectivity index (χ1v) is 5.71. The lowest BCUT2D eigenvalue weighted by Gasteiger charge is -2.35. The minimum absolute atomic E-state index is 0.0294. The molecule has 5 nitrogen and oxygen atoms in total. The topological polar surface area (TPSA) is 75.4 Å². The third kappa shape index (κ3) is 2.25. The van der Waals surface area contributed by atoms with Gasteiger partial charge in [-0.2, -0.15) is 0 Å². The molecule has 92 valence electrons. The number of likely N-dealkylation sites (N-methyl/N-ethyl adjacent to an activating group) is 1. The summed E-state index contributed by atoms with van der Waals surface area (Å²) in [5.74, 6) is -0.000570. The number of hydrogen-bond donors (Lipinski definition) is 3. The zero-order valence-corrected chi connectivity index (χ0v) is 9.94. The number of nitrogens with one attached hydrogen (secondary N) is 1. The maximum absolute atomic E-state index is 12.4. The Labute approximate surface area is 100 Å². The average molecular weight is 236 g/mol. The van der Waals surface area contributed by atoms with E-state index in [9.17, 15) is 9.90 Å². The molecule has 4 N–H and O–H groups in total. The number of hydrogen-bond acceptors (Lipinski definition) is 4. The van der Waals surface area contributed by atoms with Crippen molar-refractivity contribution in [2.75, 3.05) is 39.0 Å². The Hall–Kier alpha value is -1.59. The highest BCUT2D eigenvalue weighted by atomic mass is 16.3. The van der Waals surface area contributed by atoms with Gasteiger partial charge in [0.2, 0.25) is 0 Å². The summed E-state index contributed by atoms with van der Waals surface area (Å²) in [6.07, 6.45) is 0. The molecule has 0 saturated carbocycles. The molecule has 1 aliphatic heterocycles. The normalized spacial score (nSPS) is 18.9. The summed E-state index contributed by atoms with van der Waals surface area (Å²) in [5, 5.41) is 12.8. The van der Waals surface area contributed by atoms with Gasteiger partial charge in [0, 0.05) is 13.1 Å². The second-order valence-electron chi connectivity index (χ2n) is 4.67. The highest BCUT2D eigenvalue weighted by molar-refractivity contribution is 5.90. The average Bonchev–Trinajstić information content (AvgIpc) is 2.33. The molecular weight excluding hydrogens is 218 g/mol. The number of carbonyl (C=O) groups is 1. The van der Waals surface area contributed by atoms with Crippen LogP contribution in [-0.4, -0.2) is 48.7 Å². The Balaban J connectivity index is 2.26. The van der Waals surface area contributed by atoms with E-state index in [-0.39, 0.29) is 11.7 Å². The Bertz CT molecular complexity index is 439. The van der Waals surface area contributed by atoms with Crippen molar-refractivity contribution in [1.29, 1.82) is 0 Å². The number of nitrogen functional groups attached to an aromatic ring is 1. The molecule has 17 heavy (non-hydrogen) atoms. The van der Waals surface area contributed by atoms with Crippen molar-refractivity contribution in [3.8, 4) is 5.75 Å². The fourth-order valence-electron chi connectivity index (χ4n) is 2.08. The van der Waals surface area contributed by atoms with Crippen molar-refractivity contribution < 1.29 is 14.4 Å². The Morgan fingerprint density at radius 3 is 2.65 bits per heavy atom. The second-order valence-corrected chi connectivity index (χ2v) is 4.67. The van der Waals surface area contributed by atoms with E-state index in [0.717, 1.165) is 26.2 Å². The summed E-state index contributed by atoms with van der Waals surface area (Å²) >= 11 is 0. The number of piperazine rings is 1. The molecule has 0 spiro atoms. The third-order valence-electron chi connectivity index (χ3n) is 3.33. The van der Waals surface area contributed by atoms with Gasteiger partial charge in [-0.1, -0.05) is 0 Å². The van der Waals surface area contributed by atoms with Crippen molar-refractivity contribution in [3.63, 3.8) is 0 Å². The second kappa shape index (κ2) is 4.35. The number of quaternary nitrogens is 1. The monoisotopic (exact) mass is 236 g/mol. The molecule has 1 aliphatic rings. The Morgan fingerprint density at radius 1 is 1.41 bits per heavy atom. The SMILES string of the molecule is C[N+]1(C(=O)c2ccc(N)c(O)c2)CCNCC1. The Morgan fingerprint density at radius 2 is 2.06 bits per heavy atom. The minimum Gasteiger partial charge on any atom is -0.506 e. The summed E-state index contributed by atoms with van der Waals surface area (Å²) < 4.78 is 0.371. The number of nitrogens with zero attached hydrogens (tertiary/aromatic N) is 1. The molecular formula is C12H18N3O2+. The number of nitrogens with two attached hydrogens (primary N) is 1. The molecule has 0 bridgehead atoms. The molecule has 1 saturated heterocycles. The predicted octanol–water partition coefficient (Wildman–Crippen LogP) is 0.164. The predicted molar refractivity (Wildman–Crippen MR) is 65.6 cm³/mol. The van der Waals surface area contributed by atoms with E-state index in [0.29, 0.717) is 15.7 Å². The van der Waals surface area contributed by atoms with Gasteiger partial charge >= 0.3 is 5.91 Å². The van der Waals surface area contributed by atoms with Crippen LogP contribution < -0.4 is 11.1 Å². The van der Waals surface area contributed by atoms with Gasteiger partial charge < -0.3 is 16.2 Å². The van der Waals surface area contributed by atoms with Crippen molar-refractivity contribution in [2.45, 2.75) is 0 Å². The van der Waals surface area contributed by atoms with E-state index in [2.05, 4.69) is 5.32 Å². The number of benzene rings is 1. The van der Waals surface area contributed by atoms with Gasteiger partial charge in [0.1, 0.15) is 5.75 Å². The van der Waals surface area contributed by atoms with Crippen LogP contribution in [0.25, 0.3) is 0 Å². The number of phenolic OH excluding ortho intramolecular Hbond substituents is 1. The zero-order valence-electron chi connectivity index (χ0n) is 9.94. The van der Waals surface area contributed by atoms with Gasteiger partial charge in [-0.3, -0.25) is 4.48 Å². The molecule has 1 amide bonds. The minimum atomic E-state index is -0.0300. The molecule has 0 aliphatic carbocycles. The summed E-state index contributed by atoms with van der Waals surface area (Å²) in [5.41, 5.74) is 6.33. The van der Waals surface area contributed by atoms with Crippen LogP contribution >= 0.6 is 0 Å². The maximum atomic E-state index is 12.4. The van der Waals surface area contributed by atoms with Crippen LogP contribution in [-0.2, 0) is 0 Å². The highest BCUT2D eigenvalue weighted by Gasteiger charge is 2.34. The summed E-state index contributed by atoms with van der Waals surface area (Å²) in [7, 11) is 1.93. The first-order chi connectivity index (χ1) is 8.03. The number of carbonyl (C=O) groups excluding carboxylic acids is 1. The quantitative estimate of drug-likeness (QED) is 0.369. The number of phenols is 1. The first kappa shape index (κ1) is 11.9. The lowest BCUT2D eigenvalue weighted by molar-refractivity contribution is -0.830. The van der Waals surface area contributed by atoms with Crippen LogP contribution in [0.2, 0.25) is 0 Å². The molecule has 1 aromatic rings. The van der Waals surface area contributed by atoms with E-state index >= 15 is 0 Å². The molecule has 2 rings (SSSR count). The van der Waals surface area contributed by atoms with Gasteiger partial charge in [-0.25, -0.2) is 4.79 Å². The van der Waals surface area contributed by atoms with Gasteiger partial charge in [0.05, 0.1) is 31.4 Å². The molecule has 1 aromatic carbocycles. The number of aromatic hydroxyl groups is 1. The van der Waals surface area contributed by atoms with Gasteiger partial charge in [0.15, 0.2) is 0 Å². The lowest BCUT2D eigenvalue weighted by atomic mass is 10.1. The van der Waals surface area contributed by atoms with E-state index in [4.69, 9.17) is 5.73 Å². The number of amides is 1. The van der Waals surface area contributed by atoms with Crippen molar-refractivity contribution in [2.24, 2.45) is 0 Å². The fraction of sp³-hybridized carbons (Fsp3) is 0.417. The smallest absolute Gasteiger partial charge is 0.345 e. The molecule has 0 atom stereocenters. The van der Waals surface area contributed by atoms with E-state index in [1.165, 1.54) is 6.07 Å². The van der Waals surface area contributed by atoms with Crippen LogP contribution in [0, 0.1) is 0 Å². The summed E-state index contributed by atoms with van der Waals surface area (Å²) in [6.45, 7) is 3.21. The summed E-state index contributed by atoms with van der Waals surface area (Å²) in [4.78, 5) is 12.4. The number of anilines is 1.